The number of anilines is 1. The van der Waals surface area contributed by atoms with Gasteiger partial charge >= 0.3 is 0 Å². The number of hydrogen-bond donors (Lipinski definition) is 1. The number of thiazole rings is 1. The molecule has 19 heavy (non-hydrogen) atoms. The molecule has 4 nitrogen and oxygen atoms in total. The smallest absolute Gasteiger partial charge is 0.204 e. The first-order valence-electron chi connectivity index (χ1n) is 5.88. The molecule has 0 spiro atoms. The molecule has 0 aliphatic carbocycles. The van der Waals surface area contributed by atoms with E-state index in [1.54, 1.807) is 23.7 Å². The molecule has 0 aliphatic heterocycles. The lowest BCUT2D eigenvalue weighted by molar-refractivity contribution is 1.27. The van der Waals surface area contributed by atoms with Crippen molar-refractivity contribution in [2.45, 2.75) is 6.92 Å². The first-order chi connectivity index (χ1) is 9.31. The van der Waals surface area contributed by atoms with Gasteiger partial charge in [-0.2, -0.15) is 5.10 Å². The number of aromatic nitrogens is 2. The van der Waals surface area contributed by atoms with Gasteiger partial charge < -0.3 is 0 Å². The zero-order valence-corrected chi connectivity index (χ0v) is 11.2. The number of aryl methyl sites for hydroxylation is 1. The lowest BCUT2D eigenvalue weighted by Gasteiger charge is -1.92. The molecule has 0 atom stereocenters. The molecule has 0 saturated heterocycles. The van der Waals surface area contributed by atoms with Crippen LogP contribution in [0.1, 0.15) is 11.3 Å². The van der Waals surface area contributed by atoms with E-state index in [9.17, 15) is 0 Å². The highest BCUT2D eigenvalue weighted by Gasteiger charge is 2.02. The van der Waals surface area contributed by atoms with E-state index in [0.717, 1.165) is 21.0 Å². The van der Waals surface area contributed by atoms with Gasteiger partial charge in [-0.25, -0.2) is 4.98 Å². The van der Waals surface area contributed by atoms with Crippen molar-refractivity contribution in [2.75, 3.05) is 5.43 Å². The lowest BCUT2D eigenvalue weighted by atomic mass is 10.2. The molecule has 0 amide bonds. The van der Waals surface area contributed by atoms with E-state index in [1.165, 1.54) is 5.56 Å². The summed E-state index contributed by atoms with van der Waals surface area (Å²) in [5.74, 6) is 0. The SMILES string of the molecule is Cc1ccc2nc(N/N=C/c3ccccn3)sc2c1. The summed E-state index contributed by atoms with van der Waals surface area (Å²) in [6.45, 7) is 2.07. The molecular weight excluding hydrogens is 256 g/mol. The van der Waals surface area contributed by atoms with Crippen molar-refractivity contribution in [3.8, 4) is 0 Å². The molecule has 0 radical (unpaired) electrons. The number of hydrazone groups is 1. The maximum Gasteiger partial charge on any atom is 0.204 e. The van der Waals surface area contributed by atoms with E-state index in [2.05, 4.69) is 39.6 Å². The number of hydrogen-bond acceptors (Lipinski definition) is 5. The highest BCUT2D eigenvalue weighted by Crippen LogP contribution is 2.26. The van der Waals surface area contributed by atoms with Gasteiger partial charge in [0.25, 0.3) is 0 Å². The van der Waals surface area contributed by atoms with Gasteiger partial charge in [-0.05, 0) is 36.8 Å². The first-order valence-corrected chi connectivity index (χ1v) is 6.70. The van der Waals surface area contributed by atoms with Gasteiger partial charge in [-0.1, -0.05) is 23.5 Å². The zero-order valence-electron chi connectivity index (χ0n) is 10.4. The average molecular weight is 268 g/mol. The monoisotopic (exact) mass is 268 g/mol. The summed E-state index contributed by atoms with van der Waals surface area (Å²) in [6.07, 6.45) is 3.42. The second-order valence-electron chi connectivity index (χ2n) is 4.11. The van der Waals surface area contributed by atoms with Crippen LogP contribution in [0.25, 0.3) is 10.2 Å². The first kappa shape index (κ1) is 11.8. The second kappa shape index (κ2) is 5.16. The number of fused-ring (bicyclic) bond motifs is 1. The molecular formula is C14H12N4S. The minimum Gasteiger partial charge on any atom is -0.255 e. The molecule has 94 valence electrons. The van der Waals surface area contributed by atoms with Crippen molar-refractivity contribution in [2.24, 2.45) is 5.10 Å². The Kier molecular flexibility index (Phi) is 3.20. The van der Waals surface area contributed by atoms with E-state index < -0.39 is 0 Å². The predicted molar refractivity (Wildman–Crippen MR) is 79.8 cm³/mol. The number of nitrogens with one attached hydrogen (secondary N) is 1. The zero-order chi connectivity index (χ0) is 13.1. The fourth-order valence-corrected chi connectivity index (χ4v) is 2.60. The van der Waals surface area contributed by atoms with Gasteiger partial charge in [0, 0.05) is 6.20 Å². The van der Waals surface area contributed by atoms with E-state index in [-0.39, 0.29) is 0 Å². The Morgan fingerprint density at radius 1 is 1.26 bits per heavy atom. The maximum atomic E-state index is 4.46. The van der Waals surface area contributed by atoms with Crippen LogP contribution in [-0.4, -0.2) is 16.2 Å². The molecule has 0 unspecified atom stereocenters. The van der Waals surface area contributed by atoms with Crippen LogP contribution in [0.4, 0.5) is 5.13 Å². The number of rotatable bonds is 3. The Bertz CT molecular complexity index is 719. The van der Waals surface area contributed by atoms with Gasteiger partial charge in [0.15, 0.2) is 0 Å². The normalized spacial score (nSPS) is 11.2. The van der Waals surface area contributed by atoms with Crippen LogP contribution in [0.5, 0.6) is 0 Å². The van der Waals surface area contributed by atoms with Gasteiger partial charge in [-0.3, -0.25) is 10.4 Å². The van der Waals surface area contributed by atoms with Crippen LogP contribution >= 0.6 is 11.3 Å². The Morgan fingerprint density at radius 2 is 2.21 bits per heavy atom. The van der Waals surface area contributed by atoms with E-state index >= 15 is 0 Å². The van der Waals surface area contributed by atoms with Gasteiger partial charge in [0.2, 0.25) is 5.13 Å². The molecule has 1 N–H and O–H groups in total. The Hall–Kier alpha value is -2.27. The summed E-state index contributed by atoms with van der Waals surface area (Å²) in [6, 6.07) is 11.9. The lowest BCUT2D eigenvalue weighted by Crippen LogP contribution is -1.91. The Morgan fingerprint density at radius 3 is 3.05 bits per heavy atom. The third kappa shape index (κ3) is 2.77. The summed E-state index contributed by atoms with van der Waals surface area (Å²) < 4.78 is 1.16. The fourth-order valence-electron chi connectivity index (χ4n) is 1.69. The predicted octanol–water partition coefficient (Wildman–Crippen LogP) is 3.45. The van der Waals surface area contributed by atoms with Crippen molar-refractivity contribution < 1.29 is 0 Å². The van der Waals surface area contributed by atoms with E-state index in [1.807, 2.05) is 24.3 Å². The minimum atomic E-state index is 0.785. The van der Waals surface area contributed by atoms with Crippen LogP contribution < -0.4 is 5.43 Å². The second-order valence-corrected chi connectivity index (χ2v) is 5.15. The summed E-state index contributed by atoms with van der Waals surface area (Å²) in [4.78, 5) is 8.62. The van der Waals surface area contributed by atoms with Crippen molar-refractivity contribution in [3.63, 3.8) is 0 Å². The van der Waals surface area contributed by atoms with E-state index in [0.29, 0.717) is 0 Å². The third-order valence-corrected chi connectivity index (χ3v) is 3.51. The number of nitrogens with zero attached hydrogens (tertiary/aromatic N) is 3. The van der Waals surface area contributed by atoms with Crippen molar-refractivity contribution in [3.05, 3.63) is 53.9 Å². The molecule has 1 aromatic carbocycles. The molecule has 5 heteroatoms. The van der Waals surface area contributed by atoms with Crippen LogP contribution in [0, 0.1) is 6.92 Å². The van der Waals surface area contributed by atoms with E-state index in [4.69, 9.17) is 0 Å². The van der Waals surface area contributed by atoms with Crippen LogP contribution in [0.15, 0.2) is 47.7 Å². The molecule has 0 aliphatic rings. The molecule has 0 saturated carbocycles. The molecule has 3 rings (SSSR count). The number of benzene rings is 1. The standard InChI is InChI=1S/C14H12N4S/c1-10-5-6-12-13(8-10)19-14(17-12)18-16-9-11-4-2-3-7-15-11/h2-9H,1H3,(H,17,18)/b16-9+. The van der Waals surface area contributed by atoms with Gasteiger partial charge in [0.05, 0.1) is 22.1 Å². The summed E-state index contributed by atoms with van der Waals surface area (Å²) >= 11 is 1.59. The summed E-state index contributed by atoms with van der Waals surface area (Å²) in [7, 11) is 0. The summed E-state index contributed by atoms with van der Waals surface area (Å²) in [5.41, 5.74) is 5.98. The van der Waals surface area contributed by atoms with Gasteiger partial charge in [0.1, 0.15) is 0 Å². The molecule has 0 bridgehead atoms. The average Bonchev–Trinajstić information content (AvgIpc) is 2.82. The van der Waals surface area contributed by atoms with Crippen LogP contribution in [-0.2, 0) is 0 Å². The van der Waals surface area contributed by atoms with Crippen LogP contribution in [0.3, 0.4) is 0 Å². The molecule has 0 fully saturated rings. The molecule has 2 aromatic heterocycles. The third-order valence-electron chi connectivity index (χ3n) is 2.59. The van der Waals surface area contributed by atoms with Crippen LogP contribution in [0.2, 0.25) is 0 Å². The Labute approximate surface area is 114 Å². The molecule has 2 heterocycles. The Balaban J connectivity index is 1.77. The summed E-state index contributed by atoms with van der Waals surface area (Å²) in [5, 5.41) is 4.92. The number of pyridine rings is 1. The highest BCUT2D eigenvalue weighted by molar-refractivity contribution is 7.22. The van der Waals surface area contributed by atoms with Crippen molar-refractivity contribution in [1.29, 1.82) is 0 Å². The largest absolute Gasteiger partial charge is 0.255 e. The molecule has 3 aromatic rings. The van der Waals surface area contributed by atoms with Crippen molar-refractivity contribution in [1.82, 2.24) is 9.97 Å². The van der Waals surface area contributed by atoms with Crippen molar-refractivity contribution >= 4 is 32.9 Å². The quantitative estimate of drug-likeness (QED) is 0.584. The topological polar surface area (TPSA) is 50.2 Å². The highest BCUT2D eigenvalue weighted by atomic mass is 32.1. The minimum absolute atomic E-state index is 0.785. The van der Waals surface area contributed by atoms with Gasteiger partial charge in [-0.15, -0.1) is 0 Å². The fraction of sp³-hybridized carbons (Fsp3) is 0.0714. The maximum absolute atomic E-state index is 4.46.